The predicted octanol–water partition coefficient (Wildman–Crippen LogP) is 2.83. The SMILES string of the molecule is COC1=CCC=C(S(=O)(=O)c2ccccc2)C=C1. The molecular formula is C14H14O3S. The van der Waals surface area contributed by atoms with Crippen LogP contribution in [0.15, 0.2) is 70.2 Å². The number of hydrogen-bond donors (Lipinski definition) is 0. The summed E-state index contributed by atoms with van der Waals surface area (Å²) in [4.78, 5) is 0.610. The number of ether oxygens (including phenoxy) is 1. The fraction of sp³-hybridized carbons (Fsp3) is 0.143. The van der Waals surface area contributed by atoms with Crippen molar-refractivity contribution >= 4 is 9.84 Å². The van der Waals surface area contributed by atoms with Crippen molar-refractivity contribution in [2.45, 2.75) is 11.3 Å². The molecule has 0 fully saturated rings. The average molecular weight is 262 g/mol. The molecule has 0 spiro atoms. The van der Waals surface area contributed by atoms with Gasteiger partial charge in [0.2, 0.25) is 9.84 Å². The molecule has 1 aliphatic carbocycles. The van der Waals surface area contributed by atoms with Gasteiger partial charge in [-0.1, -0.05) is 24.3 Å². The first-order valence-corrected chi connectivity index (χ1v) is 7.05. The Balaban J connectivity index is 2.37. The Hall–Kier alpha value is -1.81. The van der Waals surface area contributed by atoms with Gasteiger partial charge in [-0.15, -0.1) is 0 Å². The largest absolute Gasteiger partial charge is 0.497 e. The van der Waals surface area contributed by atoms with E-state index in [-0.39, 0.29) is 0 Å². The molecule has 0 heterocycles. The summed E-state index contributed by atoms with van der Waals surface area (Å²) in [5.41, 5.74) is 0. The molecule has 0 aliphatic heterocycles. The van der Waals surface area contributed by atoms with E-state index in [0.29, 0.717) is 22.0 Å². The number of rotatable bonds is 3. The minimum Gasteiger partial charge on any atom is -0.497 e. The van der Waals surface area contributed by atoms with Gasteiger partial charge in [0.25, 0.3) is 0 Å². The fourth-order valence-corrected chi connectivity index (χ4v) is 3.03. The normalized spacial score (nSPS) is 15.6. The molecule has 4 heteroatoms. The van der Waals surface area contributed by atoms with Crippen molar-refractivity contribution in [1.29, 1.82) is 0 Å². The first-order valence-electron chi connectivity index (χ1n) is 5.57. The van der Waals surface area contributed by atoms with Gasteiger partial charge in [-0.25, -0.2) is 8.42 Å². The lowest BCUT2D eigenvalue weighted by Crippen LogP contribution is -2.02. The number of sulfone groups is 1. The van der Waals surface area contributed by atoms with E-state index >= 15 is 0 Å². The van der Waals surface area contributed by atoms with Crippen LogP contribution in [-0.2, 0) is 14.6 Å². The maximum Gasteiger partial charge on any atom is 0.206 e. The van der Waals surface area contributed by atoms with Gasteiger partial charge in [0.15, 0.2) is 0 Å². The van der Waals surface area contributed by atoms with Crippen molar-refractivity contribution in [3.8, 4) is 0 Å². The quantitative estimate of drug-likeness (QED) is 0.841. The minimum atomic E-state index is -3.43. The second-order valence-electron chi connectivity index (χ2n) is 3.80. The lowest BCUT2D eigenvalue weighted by atomic mass is 10.3. The predicted molar refractivity (Wildman–Crippen MR) is 70.6 cm³/mol. The minimum absolute atomic E-state index is 0.303. The van der Waals surface area contributed by atoms with E-state index < -0.39 is 9.84 Å². The molecule has 2 rings (SSSR count). The van der Waals surface area contributed by atoms with Crippen LogP contribution in [0.5, 0.6) is 0 Å². The Morgan fingerprint density at radius 1 is 1.06 bits per heavy atom. The molecule has 1 aliphatic rings. The van der Waals surface area contributed by atoms with Crippen LogP contribution in [0.25, 0.3) is 0 Å². The molecule has 0 saturated heterocycles. The molecule has 0 bridgehead atoms. The summed E-state index contributed by atoms with van der Waals surface area (Å²) < 4.78 is 29.8. The molecule has 94 valence electrons. The van der Waals surface area contributed by atoms with Crippen LogP contribution in [-0.4, -0.2) is 15.5 Å². The van der Waals surface area contributed by atoms with E-state index in [1.807, 2.05) is 6.08 Å². The van der Waals surface area contributed by atoms with Gasteiger partial charge in [0.05, 0.1) is 16.9 Å². The highest BCUT2D eigenvalue weighted by Crippen LogP contribution is 2.23. The zero-order valence-electron chi connectivity index (χ0n) is 10.0. The average Bonchev–Trinajstić information content (AvgIpc) is 2.65. The molecular weight excluding hydrogens is 248 g/mol. The molecule has 0 unspecified atom stereocenters. The lowest BCUT2D eigenvalue weighted by Gasteiger charge is -2.04. The second kappa shape index (κ2) is 5.23. The molecule has 0 radical (unpaired) electrons. The summed E-state index contributed by atoms with van der Waals surface area (Å²) in [6.45, 7) is 0. The summed E-state index contributed by atoms with van der Waals surface area (Å²) in [5.74, 6) is 0.671. The van der Waals surface area contributed by atoms with Crippen molar-refractivity contribution in [2.75, 3.05) is 7.11 Å². The molecule has 1 aromatic rings. The first-order chi connectivity index (χ1) is 8.64. The monoisotopic (exact) mass is 262 g/mol. The fourth-order valence-electron chi connectivity index (χ4n) is 1.68. The Kier molecular flexibility index (Phi) is 3.67. The van der Waals surface area contributed by atoms with E-state index in [0.717, 1.165) is 0 Å². The maximum atomic E-state index is 12.4. The highest BCUT2D eigenvalue weighted by Gasteiger charge is 2.18. The van der Waals surface area contributed by atoms with Crippen LogP contribution in [0.3, 0.4) is 0 Å². The Morgan fingerprint density at radius 3 is 2.44 bits per heavy atom. The van der Waals surface area contributed by atoms with Crippen LogP contribution in [0.2, 0.25) is 0 Å². The number of methoxy groups -OCH3 is 1. The van der Waals surface area contributed by atoms with E-state index in [9.17, 15) is 8.42 Å². The lowest BCUT2D eigenvalue weighted by molar-refractivity contribution is 0.306. The van der Waals surface area contributed by atoms with Crippen molar-refractivity contribution in [3.63, 3.8) is 0 Å². The molecule has 0 saturated carbocycles. The van der Waals surface area contributed by atoms with Crippen molar-refractivity contribution in [2.24, 2.45) is 0 Å². The topological polar surface area (TPSA) is 43.4 Å². The van der Waals surface area contributed by atoms with E-state index in [4.69, 9.17) is 4.74 Å². The third-order valence-electron chi connectivity index (χ3n) is 2.65. The van der Waals surface area contributed by atoms with Gasteiger partial charge in [-0.05, 0) is 36.8 Å². The van der Waals surface area contributed by atoms with Gasteiger partial charge in [0, 0.05) is 0 Å². The van der Waals surface area contributed by atoms with E-state index in [2.05, 4.69) is 0 Å². The Labute approximate surface area is 107 Å². The van der Waals surface area contributed by atoms with Crippen LogP contribution in [0.4, 0.5) is 0 Å². The van der Waals surface area contributed by atoms with Crippen LogP contribution < -0.4 is 0 Å². The van der Waals surface area contributed by atoms with Gasteiger partial charge in [-0.3, -0.25) is 0 Å². The summed E-state index contributed by atoms with van der Waals surface area (Å²) in [6.07, 6.45) is 7.30. The summed E-state index contributed by atoms with van der Waals surface area (Å²) in [5, 5.41) is 0. The molecule has 3 nitrogen and oxygen atoms in total. The van der Waals surface area contributed by atoms with Gasteiger partial charge in [-0.2, -0.15) is 0 Å². The molecule has 0 aromatic heterocycles. The van der Waals surface area contributed by atoms with Crippen molar-refractivity contribution in [3.05, 3.63) is 65.3 Å². The zero-order valence-corrected chi connectivity index (χ0v) is 10.9. The molecule has 18 heavy (non-hydrogen) atoms. The van der Waals surface area contributed by atoms with Gasteiger partial charge < -0.3 is 4.74 Å². The van der Waals surface area contributed by atoms with Crippen LogP contribution in [0.1, 0.15) is 6.42 Å². The van der Waals surface area contributed by atoms with E-state index in [1.54, 1.807) is 55.7 Å². The van der Waals surface area contributed by atoms with Crippen molar-refractivity contribution in [1.82, 2.24) is 0 Å². The van der Waals surface area contributed by atoms with Gasteiger partial charge in [0.1, 0.15) is 5.76 Å². The van der Waals surface area contributed by atoms with Crippen LogP contribution >= 0.6 is 0 Å². The second-order valence-corrected chi connectivity index (χ2v) is 5.75. The van der Waals surface area contributed by atoms with Gasteiger partial charge >= 0.3 is 0 Å². The number of benzene rings is 1. The van der Waals surface area contributed by atoms with Crippen LogP contribution in [0, 0.1) is 0 Å². The van der Waals surface area contributed by atoms with Crippen molar-refractivity contribution < 1.29 is 13.2 Å². The third kappa shape index (κ3) is 2.54. The molecule has 1 aromatic carbocycles. The number of hydrogen-bond acceptors (Lipinski definition) is 3. The Morgan fingerprint density at radius 2 is 1.78 bits per heavy atom. The summed E-state index contributed by atoms with van der Waals surface area (Å²) >= 11 is 0. The third-order valence-corrected chi connectivity index (χ3v) is 4.47. The molecule has 0 N–H and O–H groups in total. The summed E-state index contributed by atoms with van der Waals surface area (Å²) in [7, 11) is -1.87. The zero-order chi connectivity index (χ0) is 13.0. The first kappa shape index (κ1) is 12.6. The smallest absolute Gasteiger partial charge is 0.206 e. The molecule has 0 atom stereocenters. The van der Waals surface area contributed by atoms with E-state index in [1.165, 1.54) is 0 Å². The Bertz CT molecular complexity index is 608. The number of allylic oxidation sites excluding steroid dienone is 4. The summed E-state index contributed by atoms with van der Waals surface area (Å²) in [6, 6.07) is 8.42. The highest BCUT2D eigenvalue weighted by molar-refractivity contribution is 7.95. The molecule has 0 amide bonds. The highest BCUT2D eigenvalue weighted by atomic mass is 32.2. The maximum absolute atomic E-state index is 12.4. The standard InChI is InChI=1S/C14H14O3S/c1-17-12-6-5-9-14(11-10-12)18(15,16)13-7-3-2-4-8-13/h2-4,6-11H,5H2,1H3.